The highest BCUT2D eigenvalue weighted by molar-refractivity contribution is 5.57. The van der Waals surface area contributed by atoms with Crippen molar-refractivity contribution in [1.29, 1.82) is 0 Å². The average Bonchev–Trinajstić information content (AvgIpc) is 2.37. The summed E-state index contributed by atoms with van der Waals surface area (Å²) in [6.07, 6.45) is 0. The molecule has 4 heteroatoms. The van der Waals surface area contributed by atoms with Gasteiger partial charge in [0.05, 0.1) is 12.8 Å². The van der Waals surface area contributed by atoms with Crippen LogP contribution < -0.4 is 15.2 Å². The molecule has 3 nitrogen and oxygen atoms in total. The van der Waals surface area contributed by atoms with Crippen molar-refractivity contribution in [3.8, 4) is 17.2 Å². The first-order valence-corrected chi connectivity index (χ1v) is 5.89. The van der Waals surface area contributed by atoms with E-state index in [0.717, 1.165) is 5.56 Å². The van der Waals surface area contributed by atoms with Gasteiger partial charge >= 0.3 is 0 Å². The van der Waals surface area contributed by atoms with E-state index in [0.29, 0.717) is 22.8 Å². The molecule has 100 valence electrons. The highest BCUT2D eigenvalue weighted by Gasteiger charge is 2.10. The molecule has 0 bridgehead atoms. The van der Waals surface area contributed by atoms with Crippen molar-refractivity contribution >= 4 is 5.69 Å². The lowest BCUT2D eigenvalue weighted by Crippen LogP contribution is -1.97. The van der Waals surface area contributed by atoms with E-state index in [1.807, 2.05) is 19.1 Å². The third kappa shape index (κ3) is 2.78. The van der Waals surface area contributed by atoms with Crippen LogP contribution in [0.15, 0.2) is 30.3 Å². The third-order valence-corrected chi connectivity index (χ3v) is 2.83. The molecule has 2 aromatic carbocycles. The molecule has 2 aromatic rings. The van der Waals surface area contributed by atoms with Crippen LogP contribution in [-0.4, -0.2) is 7.11 Å². The van der Waals surface area contributed by atoms with Gasteiger partial charge in [0, 0.05) is 6.07 Å². The summed E-state index contributed by atoms with van der Waals surface area (Å²) >= 11 is 0. The number of benzene rings is 2. The zero-order valence-corrected chi connectivity index (χ0v) is 11.2. The Hall–Kier alpha value is -2.23. The van der Waals surface area contributed by atoms with E-state index < -0.39 is 0 Å². The molecule has 0 aliphatic carbocycles. The van der Waals surface area contributed by atoms with Gasteiger partial charge in [-0.05, 0) is 43.2 Å². The van der Waals surface area contributed by atoms with Gasteiger partial charge in [0.2, 0.25) is 0 Å². The standard InChI is InChI=1S/C15H16FNO2/c1-9-4-5-13(15(6-9)18-3)19-14-7-10(2)11(16)8-12(14)17/h4-8H,17H2,1-3H3. The molecule has 0 saturated carbocycles. The number of hydrogen-bond donors (Lipinski definition) is 1. The molecule has 2 rings (SSSR count). The average molecular weight is 261 g/mol. The molecule has 0 heterocycles. The van der Waals surface area contributed by atoms with E-state index >= 15 is 0 Å². The minimum absolute atomic E-state index is 0.255. The van der Waals surface area contributed by atoms with Crippen molar-refractivity contribution in [1.82, 2.24) is 0 Å². The molecule has 0 saturated heterocycles. The van der Waals surface area contributed by atoms with E-state index in [9.17, 15) is 4.39 Å². The van der Waals surface area contributed by atoms with Crippen molar-refractivity contribution in [3.05, 3.63) is 47.3 Å². The second kappa shape index (κ2) is 5.18. The van der Waals surface area contributed by atoms with Crippen LogP contribution in [0.3, 0.4) is 0 Å². The van der Waals surface area contributed by atoms with Crippen LogP contribution in [0, 0.1) is 19.7 Å². The van der Waals surface area contributed by atoms with E-state index in [2.05, 4.69) is 0 Å². The number of hydrogen-bond acceptors (Lipinski definition) is 3. The van der Waals surface area contributed by atoms with Gasteiger partial charge in [-0.1, -0.05) is 6.07 Å². The summed E-state index contributed by atoms with van der Waals surface area (Å²) in [5, 5.41) is 0. The number of rotatable bonds is 3. The van der Waals surface area contributed by atoms with Gasteiger partial charge in [-0.25, -0.2) is 4.39 Å². The lowest BCUT2D eigenvalue weighted by atomic mass is 10.2. The van der Waals surface area contributed by atoms with Gasteiger partial charge in [0.1, 0.15) is 5.82 Å². The monoisotopic (exact) mass is 261 g/mol. The molecular formula is C15H16FNO2. The van der Waals surface area contributed by atoms with Gasteiger partial charge in [0.25, 0.3) is 0 Å². The van der Waals surface area contributed by atoms with Crippen LogP contribution in [0.4, 0.5) is 10.1 Å². The quantitative estimate of drug-likeness (QED) is 0.854. The zero-order valence-electron chi connectivity index (χ0n) is 11.2. The second-order valence-electron chi connectivity index (χ2n) is 4.40. The Balaban J connectivity index is 2.39. The smallest absolute Gasteiger partial charge is 0.169 e. The van der Waals surface area contributed by atoms with Gasteiger partial charge in [-0.2, -0.15) is 0 Å². The Morgan fingerprint density at radius 1 is 1.00 bits per heavy atom. The Kier molecular flexibility index (Phi) is 3.60. The predicted octanol–water partition coefficient (Wildman–Crippen LogP) is 3.83. The molecule has 0 radical (unpaired) electrons. The van der Waals surface area contributed by atoms with Crippen molar-refractivity contribution < 1.29 is 13.9 Å². The molecule has 0 atom stereocenters. The summed E-state index contributed by atoms with van der Waals surface area (Å²) in [6.45, 7) is 3.62. The van der Waals surface area contributed by atoms with E-state index in [4.69, 9.17) is 15.2 Å². The largest absolute Gasteiger partial charge is 0.493 e. The summed E-state index contributed by atoms with van der Waals surface area (Å²) in [4.78, 5) is 0. The highest BCUT2D eigenvalue weighted by Crippen LogP contribution is 2.35. The molecule has 0 aromatic heterocycles. The topological polar surface area (TPSA) is 44.5 Å². The van der Waals surface area contributed by atoms with Crippen LogP contribution in [0.5, 0.6) is 17.2 Å². The number of ether oxygens (including phenoxy) is 2. The highest BCUT2D eigenvalue weighted by atomic mass is 19.1. The molecule has 0 amide bonds. The predicted molar refractivity (Wildman–Crippen MR) is 73.4 cm³/mol. The molecule has 0 aliphatic heterocycles. The summed E-state index contributed by atoms with van der Waals surface area (Å²) in [6, 6.07) is 8.40. The first-order valence-electron chi connectivity index (χ1n) is 5.89. The Labute approximate surface area is 111 Å². The minimum Gasteiger partial charge on any atom is -0.493 e. The minimum atomic E-state index is -0.347. The van der Waals surface area contributed by atoms with E-state index in [-0.39, 0.29) is 11.5 Å². The lowest BCUT2D eigenvalue weighted by Gasteiger charge is -2.13. The van der Waals surface area contributed by atoms with Crippen LogP contribution in [0.25, 0.3) is 0 Å². The van der Waals surface area contributed by atoms with Crippen LogP contribution in [0.2, 0.25) is 0 Å². The molecule has 0 aliphatic rings. The number of halogens is 1. The summed E-state index contributed by atoms with van der Waals surface area (Å²) in [5.41, 5.74) is 7.55. The van der Waals surface area contributed by atoms with Crippen molar-refractivity contribution in [2.75, 3.05) is 12.8 Å². The molecule has 2 N–H and O–H groups in total. The maximum Gasteiger partial charge on any atom is 0.169 e. The van der Waals surface area contributed by atoms with Gasteiger partial charge in [0.15, 0.2) is 17.2 Å². The second-order valence-corrected chi connectivity index (χ2v) is 4.40. The maximum atomic E-state index is 13.3. The number of nitrogens with two attached hydrogens (primary N) is 1. The Bertz CT molecular complexity index is 611. The van der Waals surface area contributed by atoms with Gasteiger partial charge in [-0.3, -0.25) is 0 Å². The zero-order chi connectivity index (χ0) is 14.0. The van der Waals surface area contributed by atoms with Crippen LogP contribution >= 0.6 is 0 Å². The Morgan fingerprint density at radius 3 is 2.42 bits per heavy atom. The molecule has 19 heavy (non-hydrogen) atoms. The SMILES string of the molecule is COc1cc(C)ccc1Oc1cc(C)c(F)cc1N. The van der Waals surface area contributed by atoms with E-state index in [1.54, 1.807) is 26.2 Å². The molecule has 0 spiro atoms. The summed E-state index contributed by atoms with van der Waals surface area (Å²) in [7, 11) is 1.57. The summed E-state index contributed by atoms with van der Waals surface area (Å²) in [5.74, 6) is 1.23. The molecule has 0 unspecified atom stereocenters. The first-order chi connectivity index (χ1) is 9.01. The fourth-order valence-corrected chi connectivity index (χ4v) is 1.74. The Morgan fingerprint density at radius 2 is 1.74 bits per heavy atom. The number of aryl methyl sites for hydroxylation is 2. The van der Waals surface area contributed by atoms with Gasteiger partial charge in [-0.15, -0.1) is 0 Å². The first kappa shape index (κ1) is 13.2. The van der Waals surface area contributed by atoms with Crippen LogP contribution in [-0.2, 0) is 0 Å². The fourth-order valence-electron chi connectivity index (χ4n) is 1.74. The maximum absolute atomic E-state index is 13.3. The van der Waals surface area contributed by atoms with Crippen molar-refractivity contribution in [3.63, 3.8) is 0 Å². The van der Waals surface area contributed by atoms with Crippen molar-refractivity contribution in [2.45, 2.75) is 13.8 Å². The van der Waals surface area contributed by atoms with E-state index in [1.165, 1.54) is 6.07 Å². The van der Waals surface area contributed by atoms with Gasteiger partial charge < -0.3 is 15.2 Å². The lowest BCUT2D eigenvalue weighted by molar-refractivity contribution is 0.379. The normalized spacial score (nSPS) is 10.3. The number of nitrogen functional groups attached to an aromatic ring is 1. The number of methoxy groups -OCH3 is 1. The van der Waals surface area contributed by atoms with Crippen LogP contribution in [0.1, 0.15) is 11.1 Å². The third-order valence-electron chi connectivity index (χ3n) is 2.83. The molecular weight excluding hydrogens is 245 g/mol. The fraction of sp³-hybridized carbons (Fsp3) is 0.200. The number of anilines is 1. The van der Waals surface area contributed by atoms with Crippen molar-refractivity contribution in [2.24, 2.45) is 0 Å². The summed E-state index contributed by atoms with van der Waals surface area (Å²) < 4.78 is 24.3. The molecule has 0 fully saturated rings.